The van der Waals surface area contributed by atoms with Gasteiger partial charge in [-0.25, -0.2) is 13.8 Å². The topological polar surface area (TPSA) is 56.9 Å². The molecule has 0 radical (unpaired) electrons. The van der Waals surface area contributed by atoms with Gasteiger partial charge in [-0.2, -0.15) is 5.26 Å². The van der Waals surface area contributed by atoms with Crippen molar-refractivity contribution < 1.29 is 13.9 Å². The summed E-state index contributed by atoms with van der Waals surface area (Å²) >= 11 is 1.17. The van der Waals surface area contributed by atoms with Gasteiger partial charge in [0, 0.05) is 11.3 Å². The van der Waals surface area contributed by atoms with E-state index in [1.54, 1.807) is 6.07 Å². The van der Waals surface area contributed by atoms with Crippen LogP contribution in [0.2, 0.25) is 0 Å². The lowest BCUT2D eigenvalue weighted by Crippen LogP contribution is -2.01. The van der Waals surface area contributed by atoms with Crippen molar-refractivity contribution in [2.45, 2.75) is 17.2 Å². The van der Waals surface area contributed by atoms with E-state index in [1.807, 2.05) is 30.3 Å². The van der Waals surface area contributed by atoms with Gasteiger partial charge in [0.2, 0.25) is 0 Å². The van der Waals surface area contributed by atoms with Crippen LogP contribution in [0.3, 0.4) is 0 Å². The number of nitriles is 1. The molecular weight excluding hydrogens is 330 g/mol. The summed E-state index contributed by atoms with van der Waals surface area (Å²) < 4.78 is 26.6. The van der Waals surface area contributed by atoms with Crippen molar-refractivity contribution in [1.29, 1.82) is 5.26 Å². The zero-order chi connectivity index (χ0) is 17.5. The minimum atomic E-state index is -2.84. The van der Waals surface area contributed by atoms with E-state index < -0.39 is 12.0 Å². The van der Waals surface area contributed by atoms with E-state index in [-0.39, 0.29) is 22.0 Å². The van der Waals surface area contributed by atoms with E-state index in [4.69, 9.17) is 0 Å². The number of benzene rings is 1. The Bertz CT molecular complexity index is 799. The Morgan fingerprint density at radius 3 is 2.67 bits per heavy atom. The molecule has 0 saturated heterocycles. The fraction of sp³-hybridized carbons (Fsp3) is 0.111. The predicted molar refractivity (Wildman–Crippen MR) is 90.7 cm³/mol. The molecule has 0 fully saturated rings. The van der Waals surface area contributed by atoms with Gasteiger partial charge in [0.25, 0.3) is 6.43 Å². The van der Waals surface area contributed by atoms with Crippen molar-refractivity contribution >= 4 is 17.5 Å². The molecule has 3 nitrogen and oxygen atoms in total. The number of hydrogen-bond acceptors (Lipinski definition) is 4. The Balaban J connectivity index is 2.45. The molecule has 0 aliphatic carbocycles. The molecule has 0 saturated carbocycles. The van der Waals surface area contributed by atoms with Gasteiger partial charge in [-0.15, -0.1) is 11.8 Å². The fourth-order valence-corrected chi connectivity index (χ4v) is 2.95. The summed E-state index contributed by atoms with van der Waals surface area (Å²) in [5.74, 6) is 0.193. The molecule has 0 amide bonds. The number of nitrogens with zero attached hydrogens (tertiary/aromatic N) is 2. The largest absolute Gasteiger partial charge is 0.506 e. The molecule has 1 aromatic heterocycles. The monoisotopic (exact) mass is 344 g/mol. The number of thioether (sulfide) groups is 1. The molecule has 122 valence electrons. The summed E-state index contributed by atoms with van der Waals surface area (Å²) in [6.07, 6.45) is -0.252. The number of rotatable bonds is 6. The number of aromatic nitrogens is 1. The summed E-state index contributed by atoms with van der Waals surface area (Å²) in [6, 6.07) is 12.2. The zero-order valence-corrected chi connectivity index (χ0v) is 13.4. The van der Waals surface area contributed by atoms with Crippen molar-refractivity contribution in [3.63, 3.8) is 0 Å². The van der Waals surface area contributed by atoms with Crippen LogP contribution in [0.4, 0.5) is 8.78 Å². The fourth-order valence-electron chi connectivity index (χ4n) is 1.98. The van der Waals surface area contributed by atoms with Crippen LogP contribution in [-0.2, 0) is 5.75 Å². The summed E-state index contributed by atoms with van der Waals surface area (Å²) in [7, 11) is 0. The highest BCUT2D eigenvalue weighted by Crippen LogP contribution is 2.33. The van der Waals surface area contributed by atoms with Crippen molar-refractivity contribution in [1.82, 2.24) is 4.98 Å². The quantitative estimate of drug-likeness (QED) is 0.441. The van der Waals surface area contributed by atoms with Crippen molar-refractivity contribution in [3.05, 3.63) is 77.5 Å². The van der Waals surface area contributed by atoms with E-state index in [0.717, 1.165) is 11.6 Å². The van der Waals surface area contributed by atoms with E-state index >= 15 is 0 Å². The number of alkyl halides is 2. The Kier molecular flexibility index (Phi) is 6.10. The number of aliphatic hydroxyl groups excluding tert-OH is 1. The minimum Gasteiger partial charge on any atom is -0.506 e. The summed E-state index contributed by atoms with van der Waals surface area (Å²) in [5.41, 5.74) is 0.353. The second-order valence-electron chi connectivity index (χ2n) is 4.75. The van der Waals surface area contributed by atoms with E-state index in [1.165, 1.54) is 23.9 Å². The summed E-state index contributed by atoms with van der Waals surface area (Å²) in [6.45, 7) is 3.45. The molecule has 2 aromatic rings. The lowest BCUT2D eigenvalue weighted by atomic mass is 10.1. The molecule has 0 bridgehead atoms. The Hall–Kier alpha value is -2.65. The average molecular weight is 344 g/mol. The van der Waals surface area contributed by atoms with Crippen LogP contribution < -0.4 is 0 Å². The molecule has 1 N–H and O–H groups in total. The summed E-state index contributed by atoms with van der Waals surface area (Å²) in [4.78, 5) is 4.16. The van der Waals surface area contributed by atoms with Gasteiger partial charge in [0.05, 0.1) is 5.56 Å². The molecule has 1 aromatic carbocycles. The molecule has 1 heterocycles. The predicted octanol–water partition coefficient (Wildman–Crippen LogP) is 5.27. The number of pyridine rings is 1. The van der Waals surface area contributed by atoms with Gasteiger partial charge in [0.1, 0.15) is 22.5 Å². The third-order valence-electron chi connectivity index (χ3n) is 3.12. The third-order valence-corrected chi connectivity index (χ3v) is 4.17. The van der Waals surface area contributed by atoms with Crippen molar-refractivity contribution in [3.8, 4) is 6.07 Å². The van der Waals surface area contributed by atoms with E-state index in [0.29, 0.717) is 5.75 Å². The van der Waals surface area contributed by atoms with Crippen LogP contribution in [-0.4, -0.2) is 10.1 Å². The maximum absolute atomic E-state index is 13.3. The highest BCUT2D eigenvalue weighted by atomic mass is 32.2. The number of halogens is 2. The molecule has 0 aliphatic heterocycles. The van der Waals surface area contributed by atoms with Crippen LogP contribution in [0.25, 0.3) is 5.76 Å². The molecule has 24 heavy (non-hydrogen) atoms. The standard InChI is InChI=1S/C18H14F2N2OS/c1-2-6-16(23)15-9-13(17(19)20)14(10-21)18(22-15)24-11-12-7-4-3-5-8-12/h2-9,17,23H,1,11H2/b16-6-. The van der Waals surface area contributed by atoms with Gasteiger partial charge in [-0.1, -0.05) is 43.0 Å². The number of aliphatic hydroxyl groups is 1. The van der Waals surface area contributed by atoms with Gasteiger partial charge >= 0.3 is 0 Å². The molecule has 0 atom stereocenters. The first kappa shape index (κ1) is 17.7. The van der Waals surface area contributed by atoms with Gasteiger partial charge in [-0.05, 0) is 17.7 Å². The minimum absolute atomic E-state index is 0.0141. The third kappa shape index (κ3) is 4.21. The molecule has 2 rings (SSSR count). The van der Waals surface area contributed by atoms with E-state index in [2.05, 4.69) is 11.6 Å². The van der Waals surface area contributed by atoms with Crippen LogP contribution in [0.15, 0.2) is 60.2 Å². The normalized spacial score (nSPS) is 11.3. The van der Waals surface area contributed by atoms with E-state index in [9.17, 15) is 19.1 Å². The Morgan fingerprint density at radius 1 is 1.38 bits per heavy atom. The number of allylic oxidation sites excluding steroid dienone is 2. The Morgan fingerprint density at radius 2 is 2.08 bits per heavy atom. The van der Waals surface area contributed by atoms with Crippen LogP contribution in [0, 0.1) is 11.3 Å². The van der Waals surface area contributed by atoms with Crippen LogP contribution in [0.5, 0.6) is 0 Å². The number of hydrogen-bond donors (Lipinski definition) is 1. The summed E-state index contributed by atoms with van der Waals surface area (Å²) in [5, 5.41) is 19.3. The molecule has 6 heteroatoms. The second-order valence-corrected chi connectivity index (χ2v) is 5.72. The molecule has 0 unspecified atom stereocenters. The van der Waals surface area contributed by atoms with Crippen LogP contribution in [0.1, 0.15) is 28.8 Å². The first-order valence-corrected chi connectivity index (χ1v) is 7.97. The SMILES string of the molecule is C=C/C=C(\O)c1cc(C(F)F)c(C#N)c(SCc2ccccc2)n1. The smallest absolute Gasteiger partial charge is 0.265 e. The van der Waals surface area contributed by atoms with Crippen LogP contribution >= 0.6 is 11.8 Å². The van der Waals surface area contributed by atoms with Gasteiger partial charge < -0.3 is 5.11 Å². The maximum atomic E-state index is 13.3. The lowest BCUT2D eigenvalue weighted by Gasteiger charge is -2.11. The Labute approximate surface area is 143 Å². The highest BCUT2D eigenvalue weighted by Gasteiger charge is 2.21. The highest BCUT2D eigenvalue weighted by molar-refractivity contribution is 7.98. The molecule has 0 spiro atoms. The first-order chi connectivity index (χ1) is 11.6. The van der Waals surface area contributed by atoms with Gasteiger partial charge in [-0.3, -0.25) is 0 Å². The van der Waals surface area contributed by atoms with Gasteiger partial charge in [0.15, 0.2) is 0 Å². The second kappa shape index (κ2) is 8.27. The average Bonchev–Trinajstić information content (AvgIpc) is 2.60. The van der Waals surface area contributed by atoms with Crippen molar-refractivity contribution in [2.24, 2.45) is 0 Å². The van der Waals surface area contributed by atoms with Crippen molar-refractivity contribution in [2.75, 3.05) is 0 Å². The first-order valence-electron chi connectivity index (χ1n) is 6.98. The maximum Gasteiger partial charge on any atom is 0.265 e. The molecule has 0 aliphatic rings. The lowest BCUT2D eigenvalue weighted by molar-refractivity contribution is 0.150. The zero-order valence-electron chi connectivity index (χ0n) is 12.6. The molecular formula is C18H14F2N2OS.